The van der Waals surface area contributed by atoms with Crippen molar-refractivity contribution in [2.45, 2.75) is 20.3 Å². The largest absolute Gasteiger partial charge is 0.280 e. The van der Waals surface area contributed by atoms with Crippen LogP contribution in [0.1, 0.15) is 16.7 Å². The summed E-state index contributed by atoms with van der Waals surface area (Å²) in [6.07, 6.45) is -1.39. The zero-order chi connectivity index (χ0) is 10.7. The maximum atomic E-state index is 12.2. The van der Waals surface area contributed by atoms with Gasteiger partial charge in [-0.25, -0.2) is 0 Å². The van der Waals surface area contributed by atoms with Crippen molar-refractivity contribution in [1.82, 2.24) is 0 Å². The van der Waals surface area contributed by atoms with Crippen molar-refractivity contribution in [2.75, 3.05) is 0 Å². The minimum atomic E-state index is -1.65. The molecule has 76 valence electrons. The fraction of sp³-hybridized carbons (Fsp3) is 0.273. The smallest absolute Gasteiger partial charge is 0.172 e. The number of rotatable bonds is 2. The SMILES string of the molecule is Cc1ccc(C)c(CC(Br)=C(F)F)c1. The molecular formula is C11H11BrF2. The second-order valence-corrected chi connectivity index (χ2v) is 4.23. The molecule has 1 aromatic rings. The van der Waals surface area contributed by atoms with E-state index >= 15 is 0 Å². The molecule has 0 spiro atoms. The van der Waals surface area contributed by atoms with Gasteiger partial charge >= 0.3 is 0 Å². The summed E-state index contributed by atoms with van der Waals surface area (Å²) in [5.41, 5.74) is 3.06. The van der Waals surface area contributed by atoms with Crippen LogP contribution in [0, 0.1) is 13.8 Å². The third kappa shape index (κ3) is 2.91. The second kappa shape index (κ2) is 4.69. The van der Waals surface area contributed by atoms with E-state index in [1.54, 1.807) is 0 Å². The Bertz CT molecular complexity index is 366. The van der Waals surface area contributed by atoms with Crippen molar-refractivity contribution in [3.63, 3.8) is 0 Å². The summed E-state index contributed by atoms with van der Waals surface area (Å²) in [6.45, 7) is 3.87. The van der Waals surface area contributed by atoms with E-state index in [4.69, 9.17) is 0 Å². The van der Waals surface area contributed by atoms with Crippen LogP contribution < -0.4 is 0 Å². The van der Waals surface area contributed by atoms with Crippen LogP contribution in [0.15, 0.2) is 28.8 Å². The van der Waals surface area contributed by atoms with Crippen LogP contribution in [0.5, 0.6) is 0 Å². The highest BCUT2D eigenvalue weighted by Gasteiger charge is 2.05. The van der Waals surface area contributed by atoms with E-state index < -0.39 is 6.08 Å². The van der Waals surface area contributed by atoms with Gasteiger partial charge in [0.15, 0.2) is 0 Å². The average molecular weight is 261 g/mol. The fourth-order valence-electron chi connectivity index (χ4n) is 1.22. The first-order valence-corrected chi connectivity index (χ1v) is 5.06. The Morgan fingerprint density at radius 1 is 1.29 bits per heavy atom. The number of halogens is 3. The molecule has 0 saturated carbocycles. The van der Waals surface area contributed by atoms with E-state index in [1.807, 2.05) is 32.0 Å². The molecule has 0 radical (unpaired) electrons. The molecule has 0 unspecified atom stereocenters. The number of hydrogen-bond donors (Lipinski definition) is 0. The number of hydrogen-bond acceptors (Lipinski definition) is 0. The van der Waals surface area contributed by atoms with E-state index in [2.05, 4.69) is 15.9 Å². The van der Waals surface area contributed by atoms with E-state index in [-0.39, 0.29) is 10.9 Å². The quantitative estimate of drug-likeness (QED) is 0.742. The van der Waals surface area contributed by atoms with Gasteiger partial charge in [0.25, 0.3) is 6.08 Å². The Balaban J connectivity index is 2.97. The van der Waals surface area contributed by atoms with Crippen LogP contribution >= 0.6 is 15.9 Å². The van der Waals surface area contributed by atoms with E-state index in [0.717, 1.165) is 16.7 Å². The summed E-state index contributed by atoms with van der Waals surface area (Å²) < 4.78 is 24.3. The van der Waals surface area contributed by atoms with Gasteiger partial charge in [0.2, 0.25) is 0 Å². The van der Waals surface area contributed by atoms with Crippen molar-refractivity contribution in [3.8, 4) is 0 Å². The highest BCUT2D eigenvalue weighted by molar-refractivity contribution is 9.11. The molecule has 3 heteroatoms. The predicted molar refractivity (Wildman–Crippen MR) is 57.8 cm³/mol. The number of benzene rings is 1. The topological polar surface area (TPSA) is 0 Å². The standard InChI is InChI=1S/C11H11BrF2/c1-7-3-4-8(2)9(5-7)6-10(12)11(13)14/h3-5H,6H2,1-2H3. The Hall–Kier alpha value is -0.700. The molecule has 1 aromatic carbocycles. The Labute approximate surface area is 90.8 Å². The molecular weight excluding hydrogens is 250 g/mol. The van der Waals surface area contributed by atoms with Gasteiger partial charge in [0.1, 0.15) is 0 Å². The second-order valence-electron chi connectivity index (χ2n) is 3.27. The van der Waals surface area contributed by atoms with Crippen molar-refractivity contribution >= 4 is 15.9 Å². The van der Waals surface area contributed by atoms with Gasteiger partial charge in [-0.3, -0.25) is 0 Å². The molecule has 0 bridgehead atoms. The molecule has 0 N–H and O–H groups in total. The molecule has 0 atom stereocenters. The molecule has 0 amide bonds. The maximum Gasteiger partial charge on any atom is 0.280 e. The summed E-state index contributed by atoms with van der Waals surface area (Å²) in [5.74, 6) is 0. The predicted octanol–water partition coefficient (Wildman–Crippen LogP) is 4.35. The lowest BCUT2D eigenvalue weighted by Crippen LogP contribution is -1.91. The first-order chi connectivity index (χ1) is 6.50. The highest BCUT2D eigenvalue weighted by Crippen LogP contribution is 2.22. The van der Waals surface area contributed by atoms with Gasteiger partial charge in [0.05, 0.1) is 4.48 Å². The van der Waals surface area contributed by atoms with E-state index in [9.17, 15) is 8.78 Å². The summed E-state index contributed by atoms with van der Waals surface area (Å²) in [5, 5.41) is 0. The van der Waals surface area contributed by atoms with Crippen molar-refractivity contribution < 1.29 is 8.78 Å². The summed E-state index contributed by atoms with van der Waals surface area (Å²) >= 11 is 2.87. The van der Waals surface area contributed by atoms with Crippen molar-refractivity contribution in [2.24, 2.45) is 0 Å². The lowest BCUT2D eigenvalue weighted by Gasteiger charge is -2.05. The van der Waals surface area contributed by atoms with Crippen molar-refractivity contribution in [1.29, 1.82) is 0 Å². The minimum absolute atomic E-state index is 0.0359. The van der Waals surface area contributed by atoms with Gasteiger partial charge in [-0.05, 0) is 40.9 Å². The van der Waals surface area contributed by atoms with Crippen LogP contribution in [-0.2, 0) is 6.42 Å². The molecule has 0 heterocycles. The van der Waals surface area contributed by atoms with Gasteiger partial charge in [-0.1, -0.05) is 23.8 Å². The average Bonchev–Trinajstić information content (AvgIpc) is 2.11. The third-order valence-electron chi connectivity index (χ3n) is 2.06. The fourth-order valence-corrected chi connectivity index (χ4v) is 1.53. The monoisotopic (exact) mass is 260 g/mol. The summed E-state index contributed by atoms with van der Waals surface area (Å²) in [7, 11) is 0. The van der Waals surface area contributed by atoms with Crippen LogP contribution in [0.3, 0.4) is 0 Å². The Morgan fingerprint density at radius 2 is 1.93 bits per heavy atom. The maximum absolute atomic E-state index is 12.2. The molecule has 0 nitrogen and oxygen atoms in total. The lowest BCUT2D eigenvalue weighted by atomic mass is 10.0. The molecule has 0 fully saturated rings. The molecule has 0 aliphatic carbocycles. The van der Waals surface area contributed by atoms with Gasteiger partial charge < -0.3 is 0 Å². The molecule has 0 aliphatic rings. The minimum Gasteiger partial charge on any atom is -0.172 e. The molecule has 0 aromatic heterocycles. The molecule has 1 rings (SSSR count). The highest BCUT2D eigenvalue weighted by atomic mass is 79.9. The lowest BCUT2D eigenvalue weighted by molar-refractivity contribution is 0.416. The van der Waals surface area contributed by atoms with Gasteiger partial charge in [-0.15, -0.1) is 0 Å². The number of allylic oxidation sites excluding steroid dienone is 1. The van der Waals surface area contributed by atoms with Gasteiger partial charge in [0, 0.05) is 6.42 Å². The van der Waals surface area contributed by atoms with Crippen LogP contribution in [0.25, 0.3) is 0 Å². The summed E-state index contributed by atoms with van der Waals surface area (Å²) in [6, 6.07) is 5.85. The Morgan fingerprint density at radius 3 is 2.50 bits per heavy atom. The molecule has 0 saturated heterocycles. The van der Waals surface area contributed by atoms with E-state index in [1.165, 1.54) is 0 Å². The third-order valence-corrected chi connectivity index (χ3v) is 2.64. The van der Waals surface area contributed by atoms with Crippen LogP contribution in [0.2, 0.25) is 0 Å². The van der Waals surface area contributed by atoms with Crippen molar-refractivity contribution in [3.05, 3.63) is 45.5 Å². The van der Waals surface area contributed by atoms with Crippen LogP contribution in [-0.4, -0.2) is 0 Å². The first-order valence-electron chi connectivity index (χ1n) is 4.26. The zero-order valence-electron chi connectivity index (χ0n) is 8.07. The first kappa shape index (κ1) is 11.4. The van der Waals surface area contributed by atoms with Crippen LogP contribution in [0.4, 0.5) is 8.78 Å². The van der Waals surface area contributed by atoms with E-state index in [0.29, 0.717) is 0 Å². The molecule has 14 heavy (non-hydrogen) atoms. The summed E-state index contributed by atoms with van der Waals surface area (Å²) in [4.78, 5) is 0. The normalized spacial score (nSPS) is 10.1. The van der Waals surface area contributed by atoms with Gasteiger partial charge in [-0.2, -0.15) is 8.78 Å². The zero-order valence-corrected chi connectivity index (χ0v) is 9.66. The number of aryl methyl sites for hydroxylation is 2. The Kier molecular flexibility index (Phi) is 3.81. The molecule has 0 aliphatic heterocycles.